The number of amidine groups is 1. The molecular formula is C22H21F3N6O2. The number of hydrogen-bond donors (Lipinski definition) is 1. The summed E-state index contributed by atoms with van der Waals surface area (Å²) in [7, 11) is 3.31. The molecule has 0 saturated carbocycles. The molecule has 33 heavy (non-hydrogen) atoms. The van der Waals surface area contributed by atoms with Gasteiger partial charge in [-0.05, 0) is 25.1 Å². The first-order valence-corrected chi connectivity index (χ1v) is 9.69. The number of rotatable bonds is 6. The summed E-state index contributed by atoms with van der Waals surface area (Å²) in [6, 6.07) is 8.65. The Balaban J connectivity index is 1.80. The predicted molar refractivity (Wildman–Crippen MR) is 116 cm³/mol. The van der Waals surface area contributed by atoms with E-state index in [2.05, 4.69) is 20.1 Å². The van der Waals surface area contributed by atoms with Gasteiger partial charge < -0.3 is 10.5 Å². The van der Waals surface area contributed by atoms with Crippen molar-refractivity contribution in [2.24, 2.45) is 22.8 Å². The molecule has 2 heterocycles. The number of halogens is 3. The zero-order valence-corrected chi connectivity index (χ0v) is 18.1. The van der Waals surface area contributed by atoms with Gasteiger partial charge in [0.05, 0.1) is 23.2 Å². The highest BCUT2D eigenvalue weighted by Crippen LogP contribution is 2.29. The number of aryl methyl sites for hydroxylation is 1. The molecule has 0 atom stereocenters. The zero-order valence-electron chi connectivity index (χ0n) is 18.1. The van der Waals surface area contributed by atoms with E-state index in [1.165, 1.54) is 0 Å². The van der Waals surface area contributed by atoms with Crippen molar-refractivity contribution >= 4 is 17.5 Å². The van der Waals surface area contributed by atoms with Crippen LogP contribution in [0.4, 0.5) is 13.2 Å². The van der Waals surface area contributed by atoms with Crippen LogP contribution in [-0.2, 0) is 19.8 Å². The van der Waals surface area contributed by atoms with Crippen LogP contribution in [0.25, 0.3) is 0 Å². The molecule has 0 aliphatic rings. The van der Waals surface area contributed by atoms with Crippen LogP contribution in [0.5, 0.6) is 5.88 Å². The van der Waals surface area contributed by atoms with Gasteiger partial charge in [-0.15, -0.1) is 0 Å². The maximum absolute atomic E-state index is 12.7. The Morgan fingerprint density at radius 2 is 1.79 bits per heavy atom. The topological polar surface area (TPSA) is 108 Å². The highest BCUT2D eigenvalue weighted by Gasteiger charge is 2.30. The lowest BCUT2D eigenvalue weighted by molar-refractivity contribution is -0.137. The Labute approximate surface area is 187 Å². The highest BCUT2D eigenvalue weighted by molar-refractivity contribution is 6.12. The average Bonchev–Trinajstić information content (AvgIpc) is 3.16. The molecule has 2 N–H and O–H groups in total. The van der Waals surface area contributed by atoms with Crippen LogP contribution in [-0.4, -0.2) is 39.3 Å². The molecule has 172 valence electrons. The summed E-state index contributed by atoms with van der Waals surface area (Å²) in [6.45, 7) is 1.79. The molecule has 0 unspecified atom stereocenters. The minimum atomic E-state index is -4.47. The minimum Gasteiger partial charge on any atom is -0.471 e. The number of aliphatic imine (C=N–C) groups is 2. The van der Waals surface area contributed by atoms with Crippen molar-refractivity contribution in [3.05, 3.63) is 76.7 Å². The smallest absolute Gasteiger partial charge is 0.417 e. The van der Waals surface area contributed by atoms with Crippen molar-refractivity contribution in [1.82, 2.24) is 14.8 Å². The molecule has 0 radical (unpaired) electrons. The number of nitrogens with two attached hydrogens (primary N) is 1. The van der Waals surface area contributed by atoms with Crippen LogP contribution in [0.2, 0.25) is 0 Å². The van der Waals surface area contributed by atoms with E-state index in [0.29, 0.717) is 33.9 Å². The lowest BCUT2D eigenvalue weighted by Gasteiger charge is -2.10. The van der Waals surface area contributed by atoms with Gasteiger partial charge >= 0.3 is 6.18 Å². The van der Waals surface area contributed by atoms with Crippen molar-refractivity contribution in [2.75, 3.05) is 7.05 Å². The van der Waals surface area contributed by atoms with Gasteiger partial charge in [0.25, 0.3) is 0 Å². The van der Waals surface area contributed by atoms with E-state index in [1.54, 1.807) is 56.2 Å². The summed E-state index contributed by atoms with van der Waals surface area (Å²) in [6.07, 6.45) is -2.13. The third-order valence-corrected chi connectivity index (χ3v) is 4.78. The Bertz CT molecular complexity index is 1200. The van der Waals surface area contributed by atoms with E-state index in [1.807, 2.05) is 0 Å². The standard InChI is InChI=1S/C22H21F3N6O2/c1-13(30-21(27-2)15-6-4-14(5-7-15)20(26)32)17-11-29-31(3)18(17)12-33-19-9-8-16(10-28-19)22(23,24)25/h4-11H,12H2,1-3H3,(H2,26,32). The van der Waals surface area contributed by atoms with Gasteiger partial charge in [-0.1, -0.05) is 12.1 Å². The first-order valence-electron chi connectivity index (χ1n) is 9.69. The number of nitrogens with zero attached hydrogens (tertiary/aromatic N) is 5. The second-order valence-electron chi connectivity index (χ2n) is 6.99. The van der Waals surface area contributed by atoms with Crippen molar-refractivity contribution in [2.45, 2.75) is 19.7 Å². The number of benzene rings is 1. The van der Waals surface area contributed by atoms with E-state index >= 15 is 0 Å². The molecule has 0 spiro atoms. The van der Waals surface area contributed by atoms with Crippen molar-refractivity contribution < 1.29 is 22.7 Å². The lowest BCUT2D eigenvalue weighted by Crippen LogP contribution is -2.12. The summed E-state index contributed by atoms with van der Waals surface area (Å²) in [5.74, 6) is -0.0440. The van der Waals surface area contributed by atoms with E-state index in [9.17, 15) is 18.0 Å². The van der Waals surface area contributed by atoms with Gasteiger partial charge in [0.2, 0.25) is 11.8 Å². The molecule has 0 aliphatic carbocycles. The largest absolute Gasteiger partial charge is 0.471 e. The van der Waals surface area contributed by atoms with Crippen molar-refractivity contribution in [3.63, 3.8) is 0 Å². The molecule has 0 bridgehead atoms. The van der Waals surface area contributed by atoms with Crippen LogP contribution >= 0.6 is 0 Å². The number of alkyl halides is 3. The summed E-state index contributed by atoms with van der Waals surface area (Å²) in [4.78, 5) is 23.8. The Morgan fingerprint density at radius 3 is 2.33 bits per heavy atom. The normalized spacial score (nSPS) is 12.7. The van der Waals surface area contributed by atoms with E-state index in [0.717, 1.165) is 18.3 Å². The molecular weight excluding hydrogens is 437 g/mol. The summed E-state index contributed by atoms with van der Waals surface area (Å²) in [5.41, 5.74) is 7.42. The van der Waals surface area contributed by atoms with Crippen LogP contribution in [0.3, 0.4) is 0 Å². The summed E-state index contributed by atoms with van der Waals surface area (Å²) < 4.78 is 45.3. The third-order valence-electron chi connectivity index (χ3n) is 4.78. The number of primary amides is 1. The average molecular weight is 458 g/mol. The van der Waals surface area contributed by atoms with Gasteiger partial charge in [0.15, 0.2) is 5.84 Å². The molecule has 0 saturated heterocycles. The zero-order chi connectivity index (χ0) is 24.2. The van der Waals surface area contributed by atoms with Crippen LogP contribution in [0.1, 0.15) is 39.7 Å². The van der Waals surface area contributed by atoms with Gasteiger partial charge in [0.1, 0.15) is 6.61 Å². The van der Waals surface area contributed by atoms with Gasteiger partial charge in [0, 0.05) is 43.0 Å². The van der Waals surface area contributed by atoms with E-state index in [-0.39, 0.29) is 12.5 Å². The lowest BCUT2D eigenvalue weighted by atomic mass is 10.1. The first-order chi connectivity index (χ1) is 15.6. The third kappa shape index (κ3) is 5.62. The van der Waals surface area contributed by atoms with E-state index in [4.69, 9.17) is 10.5 Å². The van der Waals surface area contributed by atoms with Crippen molar-refractivity contribution in [3.8, 4) is 5.88 Å². The first kappa shape index (κ1) is 23.6. The van der Waals surface area contributed by atoms with Crippen LogP contribution in [0.15, 0.2) is 58.8 Å². The fourth-order valence-electron chi connectivity index (χ4n) is 2.96. The Hall–Kier alpha value is -4.02. The fraction of sp³-hybridized carbons (Fsp3) is 0.227. The summed E-state index contributed by atoms with van der Waals surface area (Å²) >= 11 is 0. The Kier molecular flexibility index (Phi) is 6.90. The number of amides is 1. The Morgan fingerprint density at radius 1 is 1.12 bits per heavy atom. The fourth-order valence-corrected chi connectivity index (χ4v) is 2.96. The van der Waals surface area contributed by atoms with Crippen LogP contribution < -0.4 is 10.5 Å². The molecule has 0 aliphatic heterocycles. The second-order valence-corrected chi connectivity index (χ2v) is 6.99. The van der Waals surface area contributed by atoms with Gasteiger partial charge in [-0.25, -0.2) is 9.98 Å². The highest BCUT2D eigenvalue weighted by atomic mass is 19.4. The number of ether oxygens (including phenoxy) is 1. The molecule has 3 rings (SSSR count). The second kappa shape index (κ2) is 9.63. The molecule has 1 amide bonds. The molecule has 1 aromatic carbocycles. The van der Waals surface area contributed by atoms with Crippen molar-refractivity contribution in [1.29, 1.82) is 0 Å². The monoisotopic (exact) mass is 458 g/mol. The number of carbonyl (C=O) groups is 1. The predicted octanol–water partition coefficient (Wildman–Crippen LogP) is 3.40. The molecule has 8 nitrogen and oxygen atoms in total. The van der Waals surface area contributed by atoms with E-state index < -0.39 is 17.6 Å². The maximum atomic E-state index is 12.7. The number of aromatic nitrogens is 3. The molecule has 11 heteroatoms. The quantitative estimate of drug-likeness (QED) is 0.451. The van der Waals surface area contributed by atoms with Gasteiger partial charge in [-0.2, -0.15) is 18.3 Å². The molecule has 0 fully saturated rings. The minimum absolute atomic E-state index is 0.0168. The molecule has 2 aromatic heterocycles. The van der Waals surface area contributed by atoms with Gasteiger partial charge in [-0.3, -0.25) is 14.5 Å². The maximum Gasteiger partial charge on any atom is 0.417 e. The SMILES string of the molecule is CN=C(N=C(C)c1cnn(C)c1COc1ccc(C(F)(F)F)cn1)c1ccc(C(N)=O)cc1. The van der Waals surface area contributed by atoms with Crippen LogP contribution in [0, 0.1) is 0 Å². The number of hydrogen-bond acceptors (Lipinski definition) is 5. The number of carbonyl (C=O) groups excluding carboxylic acids is 1. The number of pyridine rings is 1. The summed E-state index contributed by atoms with van der Waals surface area (Å²) in [5, 5.41) is 4.23. The molecule has 3 aromatic rings.